The van der Waals surface area contributed by atoms with Gasteiger partial charge in [0.2, 0.25) is 0 Å². The Morgan fingerprint density at radius 2 is 0.625 bits per heavy atom. The largest absolute Gasteiger partial charge is 0.545 e. The molecule has 0 atom stereocenters. The van der Waals surface area contributed by atoms with E-state index in [-0.39, 0.29) is 91.7 Å². The van der Waals surface area contributed by atoms with E-state index in [0.717, 1.165) is 25.1 Å². The molecule has 0 bridgehead atoms. The Labute approximate surface area is 321 Å². The second-order valence-electron chi connectivity index (χ2n) is 11.0. The summed E-state index contributed by atoms with van der Waals surface area (Å²) in [5.74, 6) is -14.6. The van der Waals surface area contributed by atoms with Gasteiger partial charge in [-0.15, -0.1) is 0 Å². The highest BCUT2D eigenvalue weighted by molar-refractivity contribution is 6.51. The third-order valence-electron chi connectivity index (χ3n) is 8.78. The molecule has 0 saturated heterocycles. The normalized spacial score (nSPS) is 10.2. The SMILES string of the molecule is C.C.C.C.C.C.C.C.CC(=O)c1cc2c(C(=O)[O-])c(C(=O)[O-])c3cc(C(=O)[O-])c4c(C(=O)O)cc5c(C(=O)O)c(C(=O)O)c6cc(C(=O)O)c1c1c2c3c4c5c61. The predicted molar refractivity (Wildman–Crippen MR) is 210 cm³/mol. The summed E-state index contributed by atoms with van der Waals surface area (Å²) in [4.78, 5) is 102. The van der Waals surface area contributed by atoms with Gasteiger partial charge in [0.15, 0.2) is 5.78 Å². The second-order valence-corrected chi connectivity index (χ2v) is 11.0. The van der Waals surface area contributed by atoms with E-state index in [9.17, 15) is 74.1 Å². The highest BCUT2D eigenvalue weighted by Gasteiger charge is 2.35. The molecule has 0 radical (unpaired) electrons. The number of carbonyl (C=O) groups excluding carboxylic acids is 4. The fraction of sp³-hybridized carbons (Fsp3) is 0.220. The Morgan fingerprint density at radius 1 is 0.357 bits per heavy atom. The fourth-order valence-electron chi connectivity index (χ4n) is 7.28. The van der Waals surface area contributed by atoms with Crippen molar-refractivity contribution in [1.82, 2.24) is 0 Å². The molecule has 56 heavy (non-hydrogen) atoms. The lowest BCUT2D eigenvalue weighted by Crippen LogP contribution is -2.31. The van der Waals surface area contributed by atoms with Gasteiger partial charge in [-0.2, -0.15) is 0 Å². The highest BCUT2D eigenvalue weighted by atomic mass is 16.4. The van der Waals surface area contributed by atoms with Crippen molar-refractivity contribution in [3.8, 4) is 0 Å². The topological polar surface area (TPSA) is 287 Å². The van der Waals surface area contributed by atoms with Crippen LogP contribution >= 0.6 is 0 Å². The monoisotopic (exact) mass is 775 g/mol. The number of aromatic carboxylic acids is 7. The Morgan fingerprint density at radius 3 is 0.875 bits per heavy atom. The molecule has 0 aromatic heterocycles. The standard InChI is InChI=1S/C33H14O15.8CH4/c1-6(34)7-2-8-17-19-10(22(31(43)44)21(8)30(41)42)4-13(28(37)38)16-14(29(39)40)5-11-20(26(16)19)18-9(23(32(45)46)24(11)33(47)48)3-12(27(35)36)15(7)25(17)18;;;;;;;;/h2-5H,1H3,(H,35,36)(H,37,38)(H,39,40)(H,41,42)(H,43,44)(H,45,46)(H,47,48);8*1H4/p-3. The van der Waals surface area contributed by atoms with Gasteiger partial charge in [-0.3, -0.25) is 4.79 Å². The third kappa shape index (κ3) is 5.93. The zero-order valence-electron chi connectivity index (χ0n) is 23.6. The summed E-state index contributed by atoms with van der Waals surface area (Å²) in [6.07, 6.45) is 0. The number of carboxylic acids is 7. The number of ketones is 1. The van der Waals surface area contributed by atoms with Crippen molar-refractivity contribution < 1.29 is 74.1 Å². The van der Waals surface area contributed by atoms with Crippen LogP contribution in [0.2, 0.25) is 0 Å². The van der Waals surface area contributed by atoms with Crippen molar-refractivity contribution in [3.05, 3.63) is 68.8 Å². The molecule has 0 fully saturated rings. The van der Waals surface area contributed by atoms with E-state index in [4.69, 9.17) is 0 Å². The Kier molecular flexibility index (Phi) is 14.6. The van der Waals surface area contributed by atoms with Gasteiger partial charge in [-0.05, 0) is 74.3 Å². The molecule has 0 unspecified atom stereocenters. The molecular weight excluding hydrogens is 732 g/mol. The maximum Gasteiger partial charge on any atom is 0.337 e. The minimum atomic E-state index is -2.17. The molecule has 15 heteroatoms. The molecule has 0 aliphatic carbocycles. The number of Topliss-reactive ketones (excluding diaryl/α,β-unsaturated/α-hetero) is 1. The van der Waals surface area contributed by atoms with Gasteiger partial charge >= 0.3 is 23.9 Å². The molecule has 0 saturated carbocycles. The molecule has 15 nitrogen and oxygen atoms in total. The van der Waals surface area contributed by atoms with Crippen molar-refractivity contribution in [2.45, 2.75) is 66.3 Å². The van der Waals surface area contributed by atoms with Crippen LogP contribution in [-0.4, -0.2) is 68.0 Å². The predicted octanol–water partition coefficient (Wildman–Crippen LogP) is 6.09. The molecular formula is C41H43O15-3. The average Bonchev–Trinajstić information content (AvgIpc) is 2.99. The summed E-state index contributed by atoms with van der Waals surface area (Å²) >= 11 is 0. The lowest BCUT2D eigenvalue weighted by molar-refractivity contribution is -0.259. The first-order valence-electron chi connectivity index (χ1n) is 13.4. The van der Waals surface area contributed by atoms with Crippen LogP contribution < -0.4 is 15.3 Å². The smallest absolute Gasteiger partial charge is 0.337 e. The number of carbonyl (C=O) groups is 8. The first-order chi connectivity index (χ1) is 22.5. The van der Waals surface area contributed by atoms with Crippen molar-refractivity contribution in [3.63, 3.8) is 0 Å². The number of hydrogen-bond acceptors (Lipinski definition) is 11. The first kappa shape index (κ1) is 50.9. The molecule has 0 amide bonds. The first-order valence-corrected chi connectivity index (χ1v) is 13.4. The van der Waals surface area contributed by atoms with E-state index in [2.05, 4.69) is 0 Å². The summed E-state index contributed by atoms with van der Waals surface area (Å²) in [7, 11) is 0. The molecule has 0 aliphatic rings. The Bertz CT molecular complexity index is 2420. The summed E-state index contributed by atoms with van der Waals surface area (Å²) in [6, 6.07) is 3.04. The maximum atomic E-state index is 13.1. The Balaban J connectivity index is 0. The molecule has 7 aromatic rings. The van der Waals surface area contributed by atoms with Crippen molar-refractivity contribution in [1.29, 1.82) is 0 Å². The second kappa shape index (κ2) is 16.1. The molecule has 7 rings (SSSR count). The van der Waals surface area contributed by atoms with Gasteiger partial charge in [0.1, 0.15) is 0 Å². The summed E-state index contributed by atoms with van der Waals surface area (Å²) in [6.45, 7) is 0.991. The van der Waals surface area contributed by atoms with Gasteiger partial charge < -0.3 is 50.1 Å². The number of carboxylic acid groups (broad SMARTS) is 7. The lowest BCUT2D eigenvalue weighted by Gasteiger charge is -2.29. The summed E-state index contributed by atoms with van der Waals surface area (Å²) < 4.78 is 0. The third-order valence-corrected chi connectivity index (χ3v) is 8.78. The zero-order chi connectivity index (χ0) is 35.0. The van der Waals surface area contributed by atoms with Gasteiger partial charge in [0.25, 0.3) is 0 Å². The van der Waals surface area contributed by atoms with E-state index < -0.39 is 124 Å². The average molecular weight is 776 g/mol. The fourth-order valence-corrected chi connectivity index (χ4v) is 7.28. The minimum Gasteiger partial charge on any atom is -0.545 e. The lowest BCUT2D eigenvalue weighted by atomic mass is 9.74. The number of rotatable bonds is 8. The van der Waals surface area contributed by atoms with E-state index in [1.54, 1.807) is 0 Å². The molecule has 7 aromatic carbocycles. The van der Waals surface area contributed by atoms with Gasteiger partial charge in [0.05, 0.1) is 40.2 Å². The van der Waals surface area contributed by atoms with E-state index in [1.165, 1.54) is 0 Å². The minimum absolute atomic E-state index is 0. The summed E-state index contributed by atoms with van der Waals surface area (Å²) in [5.41, 5.74) is -7.30. The van der Waals surface area contributed by atoms with E-state index in [0.29, 0.717) is 6.07 Å². The van der Waals surface area contributed by atoms with E-state index in [1.807, 2.05) is 0 Å². The van der Waals surface area contributed by atoms with Gasteiger partial charge in [0, 0.05) is 43.8 Å². The van der Waals surface area contributed by atoms with Crippen LogP contribution in [0.4, 0.5) is 0 Å². The van der Waals surface area contributed by atoms with Crippen LogP contribution in [0, 0.1) is 0 Å². The van der Waals surface area contributed by atoms with Crippen LogP contribution in [-0.2, 0) is 0 Å². The molecule has 0 aliphatic heterocycles. The van der Waals surface area contributed by atoms with Crippen molar-refractivity contribution in [2.75, 3.05) is 0 Å². The van der Waals surface area contributed by atoms with Crippen LogP contribution in [0.3, 0.4) is 0 Å². The van der Waals surface area contributed by atoms with Gasteiger partial charge in [-0.1, -0.05) is 59.4 Å². The highest BCUT2D eigenvalue weighted by Crippen LogP contribution is 2.54. The molecule has 300 valence electrons. The van der Waals surface area contributed by atoms with Crippen LogP contribution in [0.15, 0.2) is 24.3 Å². The number of hydrogen-bond donors (Lipinski definition) is 4. The molecule has 4 N–H and O–H groups in total. The van der Waals surface area contributed by atoms with Crippen molar-refractivity contribution >= 4 is 112 Å². The van der Waals surface area contributed by atoms with Crippen LogP contribution in [0.1, 0.15) is 149 Å². The van der Waals surface area contributed by atoms with Crippen LogP contribution in [0.25, 0.3) is 64.6 Å². The molecule has 0 heterocycles. The van der Waals surface area contributed by atoms with Crippen molar-refractivity contribution in [2.24, 2.45) is 0 Å². The number of benzene rings is 7. The summed E-state index contributed by atoms with van der Waals surface area (Å²) in [5, 5.41) is 73.6. The molecule has 0 spiro atoms. The van der Waals surface area contributed by atoms with E-state index >= 15 is 0 Å². The zero-order valence-corrected chi connectivity index (χ0v) is 23.6. The maximum absolute atomic E-state index is 13.1. The van der Waals surface area contributed by atoms with Gasteiger partial charge in [-0.25, -0.2) is 19.2 Å². The van der Waals surface area contributed by atoms with Crippen LogP contribution in [0.5, 0.6) is 0 Å². The Hall–Kier alpha value is -7.16. The quantitative estimate of drug-likeness (QED) is 0.0771.